The van der Waals surface area contributed by atoms with Crippen molar-refractivity contribution in [1.29, 1.82) is 0 Å². The Morgan fingerprint density at radius 2 is 2.08 bits per heavy atom. The van der Waals surface area contributed by atoms with Crippen molar-refractivity contribution in [3.8, 4) is 10.6 Å². The summed E-state index contributed by atoms with van der Waals surface area (Å²) in [5.41, 5.74) is 6.93. The molecule has 6 heteroatoms. The minimum absolute atomic E-state index is 0.697. The zero-order chi connectivity index (χ0) is 16.5. The third-order valence-corrected chi connectivity index (χ3v) is 5.21. The molecule has 0 aliphatic rings. The molecule has 3 N–H and O–H groups in total. The highest BCUT2D eigenvalue weighted by atomic mass is 32.1. The van der Waals surface area contributed by atoms with Crippen molar-refractivity contribution < 1.29 is 0 Å². The quantitative estimate of drug-likeness (QED) is 0.517. The molecule has 0 amide bonds. The zero-order valence-corrected chi connectivity index (χ0v) is 14.5. The monoisotopic (exact) mass is 337 g/mol. The molecule has 0 saturated heterocycles. The standard InChI is InChI=1S/C18H19N5S/c1-11-5-6-14-17(12(11)2)22-16(21-14)10-19-8-13-9-20-23-18(13)15-4-3-7-24-15/h3-7,9,19H,8,10H2,1-2H3,(H,20,23)(H,21,22). The number of hydrogen-bond donors (Lipinski definition) is 3. The van der Waals surface area contributed by atoms with Gasteiger partial charge in [0.1, 0.15) is 5.82 Å². The summed E-state index contributed by atoms with van der Waals surface area (Å²) >= 11 is 1.71. The second-order valence-electron chi connectivity index (χ2n) is 5.94. The summed E-state index contributed by atoms with van der Waals surface area (Å²) in [6, 6.07) is 8.38. The summed E-state index contributed by atoms with van der Waals surface area (Å²) in [5, 5.41) is 12.8. The molecular weight excluding hydrogens is 318 g/mol. The smallest absolute Gasteiger partial charge is 0.121 e. The lowest BCUT2D eigenvalue weighted by atomic mass is 10.1. The van der Waals surface area contributed by atoms with Crippen molar-refractivity contribution in [3.05, 3.63) is 58.4 Å². The predicted molar refractivity (Wildman–Crippen MR) is 98.0 cm³/mol. The van der Waals surface area contributed by atoms with Gasteiger partial charge in [-0.3, -0.25) is 5.10 Å². The molecule has 3 aromatic heterocycles. The van der Waals surface area contributed by atoms with E-state index in [4.69, 9.17) is 4.98 Å². The van der Waals surface area contributed by atoms with Crippen LogP contribution in [0.2, 0.25) is 0 Å². The molecule has 0 aliphatic carbocycles. The van der Waals surface area contributed by atoms with Gasteiger partial charge in [0.2, 0.25) is 0 Å². The average molecular weight is 337 g/mol. The fourth-order valence-corrected chi connectivity index (χ4v) is 3.60. The number of imidazole rings is 1. The Kier molecular flexibility index (Phi) is 3.92. The van der Waals surface area contributed by atoms with E-state index in [1.807, 2.05) is 6.20 Å². The number of fused-ring (bicyclic) bond motifs is 1. The minimum atomic E-state index is 0.697. The van der Waals surface area contributed by atoms with Crippen LogP contribution < -0.4 is 5.32 Å². The molecule has 0 unspecified atom stereocenters. The van der Waals surface area contributed by atoms with E-state index in [0.29, 0.717) is 6.54 Å². The van der Waals surface area contributed by atoms with E-state index in [1.54, 1.807) is 11.3 Å². The fraction of sp³-hybridized carbons (Fsp3) is 0.222. The van der Waals surface area contributed by atoms with Gasteiger partial charge in [0.25, 0.3) is 0 Å². The lowest BCUT2D eigenvalue weighted by Gasteiger charge is -2.03. The Morgan fingerprint density at radius 3 is 2.92 bits per heavy atom. The Morgan fingerprint density at radius 1 is 1.17 bits per heavy atom. The molecule has 5 nitrogen and oxygen atoms in total. The Labute approximate surface area is 144 Å². The van der Waals surface area contributed by atoms with Gasteiger partial charge in [0.05, 0.1) is 34.3 Å². The number of hydrogen-bond acceptors (Lipinski definition) is 4. The maximum atomic E-state index is 4.72. The first kappa shape index (κ1) is 15.1. The number of rotatable bonds is 5. The Balaban J connectivity index is 1.47. The largest absolute Gasteiger partial charge is 0.341 e. The number of thiophene rings is 1. The molecule has 0 saturated carbocycles. The number of nitrogens with zero attached hydrogens (tertiary/aromatic N) is 2. The molecule has 4 rings (SSSR count). The summed E-state index contributed by atoms with van der Waals surface area (Å²) in [6.45, 7) is 5.68. The van der Waals surface area contributed by atoms with E-state index in [0.717, 1.165) is 29.1 Å². The summed E-state index contributed by atoms with van der Waals surface area (Å²) in [4.78, 5) is 9.32. The van der Waals surface area contributed by atoms with Gasteiger partial charge in [-0.15, -0.1) is 11.3 Å². The van der Waals surface area contributed by atoms with Gasteiger partial charge in [-0.2, -0.15) is 5.10 Å². The fourth-order valence-electron chi connectivity index (χ4n) is 2.84. The number of aryl methyl sites for hydroxylation is 2. The Hall–Kier alpha value is -2.44. The van der Waals surface area contributed by atoms with Gasteiger partial charge < -0.3 is 10.3 Å². The van der Waals surface area contributed by atoms with Gasteiger partial charge in [-0.25, -0.2) is 4.98 Å². The Bertz CT molecular complexity index is 965. The topological polar surface area (TPSA) is 69.4 Å². The molecular formula is C18H19N5S. The van der Waals surface area contributed by atoms with Crippen LogP contribution in [0.4, 0.5) is 0 Å². The number of H-pyrrole nitrogens is 2. The van der Waals surface area contributed by atoms with Gasteiger partial charge in [0.15, 0.2) is 0 Å². The van der Waals surface area contributed by atoms with Gasteiger partial charge in [-0.1, -0.05) is 12.1 Å². The van der Waals surface area contributed by atoms with Gasteiger partial charge >= 0.3 is 0 Å². The third kappa shape index (κ3) is 2.74. The first-order chi connectivity index (χ1) is 11.7. The van der Waals surface area contributed by atoms with Crippen LogP contribution in [0, 0.1) is 13.8 Å². The average Bonchev–Trinajstić information content (AvgIpc) is 3.30. The zero-order valence-electron chi connectivity index (χ0n) is 13.7. The SMILES string of the molecule is Cc1ccc2[nH]c(CNCc3cn[nH]c3-c3cccs3)nc2c1C. The van der Waals surface area contributed by atoms with Crippen LogP contribution >= 0.6 is 11.3 Å². The van der Waals surface area contributed by atoms with Crippen LogP contribution in [0.3, 0.4) is 0 Å². The maximum Gasteiger partial charge on any atom is 0.121 e. The molecule has 0 spiro atoms. The highest BCUT2D eigenvalue weighted by molar-refractivity contribution is 7.13. The van der Waals surface area contributed by atoms with Crippen molar-refractivity contribution in [2.45, 2.75) is 26.9 Å². The van der Waals surface area contributed by atoms with Crippen LogP contribution in [-0.2, 0) is 13.1 Å². The van der Waals surface area contributed by atoms with Crippen molar-refractivity contribution in [2.24, 2.45) is 0 Å². The van der Waals surface area contributed by atoms with E-state index < -0.39 is 0 Å². The number of aromatic nitrogens is 4. The molecule has 0 atom stereocenters. The predicted octanol–water partition coefficient (Wildman–Crippen LogP) is 3.92. The van der Waals surface area contributed by atoms with Crippen molar-refractivity contribution in [2.75, 3.05) is 0 Å². The van der Waals surface area contributed by atoms with Crippen LogP contribution in [0.15, 0.2) is 35.8 Å². The van der Waals surface area contributed by atoms with Gasteiger partial charge in [-0.05, 0) is 42.5 Å². The molecule has 0 aliphatic heterocycles. The number of aromatic amines is 2. The molecule has 0 bridgehead atoms. The van der Waals surface area contributed by atoms with Crippen LogP contribution in [0.5, 0.6) is 0 Å². The van der Waals surface area contributed by atoms with E-state index >= 15 is 0 Å². The highest BCUT2D eigenvalue weighted by Crippen LogP contribution is 2.25. The first-order valence-electron chi connectivity index (χ1n) is 7.94. The normalized spacial score (nSPS) is 11.4. The minimum Gasteiger partial charge on any atom is -0.341 e. The van der Waals surface area contributed by atoms with E-state index in [9.17, 15) is 0 Å². The second kappa shape index (κ2) is 6.22. The lowest BCUT2D eigenvalue weighted by molar-refractivity contribution is 0.671. The van der Waals surface area contributed by atoms with E-state index in [-0.39, 0.29) is 0 Å². The van der Waals surface area contributed by atoms with Crippen LogP contribution in [-0.4, -0.2) is 20.2 Å². The molecule has 3 heterocycles. The summed E-state index contributed by atoms with van der Waals surface area (Å²) in [6.07, 6.45) is 1.88. The molecule has 1 aromatic carbocycles. The molecule has 24 heavy (non-hydrogen) atoms. The lowest BCUT2D eigenvalue weighted by Crippen LogP contribution is -2.13. The second-order valence-corrected chi connectivity index (χ2v) is 6.89. The van der Waals surface area contributed by atoms with Crippen LogP contribution in [0.25, 0.3) is 21.6 Å². The molecule has 4 aromatic rings. The molecule has 122 valence electrons. The van der Waals surface area contributed by atoms with E-state index in [2.05, 4.69) is 64.0 Å². The highest BCUT2D eigenvalue weighted by Gasteiger charge is 2.10. The summed E-state index contributed by atoms with van der Waals surface area (Å²) < 4.78 is 0. The first-order valence-corrected chi connectivity index (χ1v) is 8.82. The molecule has 0 fully saturated rings. The number of nitrogens with one attached hydrogen (secondary N) is 3. The van der Waals surface area contributed by atoms with Crippen molar-refractivity contribution in [1.82, 2.24) is 25.5 Å². The molecule has 0 radical (unpaired) electrons. The number of benzene rings is 1. The maximum absolute atomic E-state index is 4.72. The van der Waals surface area contributed by atoms with Crippen LogP contribution in [0.1, 0.15) is 22.5 Å². The van der Waals surface area contributed by atoms with Gasteiger partial charge in [0, 0.05) is 12.1 Å². The van der Waals surface area contributed by atoms with Crippen molar-refractivity contribution >= 4 is 22.4 Å². The van der Waals surface area contributed by atoms with E-state index in [1.165, 1.54) is 21.6 Å². The summed E-state index contributed by atoms with van der Waals surface area (Å²) in [5.74, 6) is 0.958. The summed E-state index contributed by atoms with van der Waals surface area (Å²) in [7, 11) is 0. The third-order valence-electron chi connectivity index (χ3n) is 4.32. The van der Waals surface area contributed by atoms with Crippen molar-refractivity contribution in [3.63, 3.8) is 0 Å².